The van der Waals surface area contributed by atoms with E-state index in [1.54, 1.807) is 4.88 Å². The molecule has 0 unspecified atom stereocenters. The van der Waals surface area contributed by atoms with Gasteiger partial charge in [0.2, 0.25) is 0 Å². The summed E-state index contributed by atoms with van der Waals surface area (Å²) in [5.41, 5.74) is 0. The number of hydrogen-bond donors (Lipinski definition) is 0. The Hall–Kier alpha value is -0.860. The first kappa shape index (κ1) is 15.1. The van der Waals surface area contributed by atoms with E-state index >= 15 is 0 Å². The summed E-state index contributed by atoms with van der Waals surface area (Å²) in [6.07, 6.45) is 11.0. The van der Waals surface area contributed by atoms with Crippen LogP contribution >= 0.6 is 22.7 Å². The van der Waals surface area contributed by atoms with Crippen LogP contribution in [0.2, 0.25) is 0 Å². The van der Waals surface area contributed by atoms with Crippen LogP contribution in [0.4, 0.5) is 0 Å². The molecule has 0 bridgehead atoms. The largest absolute Gasteiger partial charge is 0.144 e. The molecule has 0 saturated carbocycles. The zero-order chi connectivity index (χ0) is 14.5. The van der Waals surface area contributed by atoms with E-state index in [1.807, 2.05) is 22.7 Å². The summed E-state index contributed by atoms with van der Waals surface area (Å²) in [5, 5.41) is 5.02. The van der Waals surface area contributed by atoms with Gasteiger partial charge in [0.15, 0.2) is 0 Å². The monoisotopic (exact) mass is 316 g/mol. The van der Waals surface area contributed by atoms with Crippen molar-refractivity contribution in [3.63, 3.8) is 0 Å². The van der Waals surface area contributed by atoms with Gasteiger partial charge in [0.05, 0.1) is 0 Å². The highest BCUT2D eigenvalue weighted by Crippen LogP contribution is 2.33. The first-order valence-corrected chi connectivity index (χ1v) is 9.96. The van der Waals surface area contributed by atoms with Crippen LogP contribution in [0.5, 0.6) is 0 Å². The maximum absolute atomic E-state index is 2.41. The van der Waals surface area contributed by atoms with Gasteiger partial charge in [0.1, 0.15) is 0 Å². The molecule has 21 heavy (non-hydrogen) atoms. The molecule has 0 spiro atoms. The molecule has 0 aliphatic carbocycles. The average molecular weight is 317 g/mol. The SMILES string of the molecule is CCCCCCCCCc1cc2cc3ccsc3cc2s1. The summed E-state index contributed by atoms with van der Waals surface area (Å²) >= 11 is 3.84. The van der Waals surface area contributed by atoms with Crippen LogP contribution < -0.4 is 0 Å². The Morgan fingerprint density at radius 1 is 0.810 bits per heavy atom. The summed E-state index contributed by atoms with van der Waals surface area (Å²) in [6.45, 7) is 2.28. The van der Waals surface area contributed by atoms with E-state index in [2.05, 4.69) is 36.6 Å². The van der Waals surface area contributed by atoms with Crippen LogP contribution in [0.3, 0.4) is 0 Å². The Morgan fingerprint density at radius 2 is 1.62 bits per heavy atom. The molecule has 0 atom stereocenters. The zero-order valence-corrected chi connectivity index (χ0v) is 14.5. The summed E-state index contributed by atoms with van der Waals surface area (Å²) in [6, 6.07) is 9.36. The molecule has 1 aromatic carbocycles. The van der Waals surface area contributed by atoms with Crippen LogP contribution in [0, 0.1) is 0 Å². The molecule has 2 heteroatoms. The quantitative estimate of drug-likeness (QED) is 0.379. The Morgan fingerprint density at radius 3 is 2.48 bits per heavy atom. The zero-order valence-electron chi connectivity index (χ0n) is 12.9. The lowest BCUT2D eigenvalue weighted by Gasteiger charge is -1.99. The van der Waals surface area contributed by atoms with Gasteiger partial charge in [-0.05, 0) is 53.3 Å². The van der Waals surface area contributed by atoms with Gasteiger partial charge >= 0.3 is 0 Å². The highest BCUT2D eigenvalue weighted by molar-refractivity contribution is 7.20. The summed E-state index contributed by atoms with van der Waals surface area (Å²) in [5.74, 6) is 0. The molecule has 0 radical (unpaired) electrons. The van der Waals surface area contributed by atoms with Crippen LogP contribution in [-0.2, 0) is 6.42 Å². The third-order valence-corrected chi connectivity index (χ3v) is 6.21. The Balaban J connectivity index is 1.53. The minimum Gasteiger partial charge on any atom is -0.144 e. The van der Waals surface area contributed by atoms with E-state index in [0.717, 1.165) is 0 Å². The number of fused-ring (bicyclic) bond motifs is 2. The van der Waals surface area contributed by atoms with Crippen molar-refractivity contribution in [1.29, 1.82) is 0 Å². The maximum Gasteiger partial charge on any atom is 0.0360 e. The van der Waals surface area contributed by atoms with Crippen molar-refractivity contribution in [2.45, 2.75) is 58.3 Å². The van der Waals surface area contributed by atoms with Gasteiger partial charge in [0.25, 0.3) is 0 Å². The molecule has 0 N–H and O–H groups in total. The minimum absolute atomic E-state index is 1.26. The third-order valence-electron chi connectivity index (χ3n) is 4.17. The minimum atomic E-state index is 1.26. The predicted octanol–water partition coefficient (Wildman–Crippen LogP) is 7.41. The van der Waals surface area contributed by atoms with Crippen molar-refractivity contribution in [2.24, 2.45) is 0 Å². The standard InChI is InChI=1S/C19H24S2/c1-2-3-4-5-6-7-8-9-17-13-16-12-15-10-11-20-18(15)14-19(16)21-17/h10-14H,2-9H2,1H3. The highest BCUT2D eigenvalue weighted by atomic mass is 32.1. The van der Waals surface area contributed by atoms with Crippen LogP contribution in [0.1, 0.15) is 56.7 Å². The van der Waals surface area contributed by atoms with Crippen molar-refractivity contribution in [2.75, 3.05) is 0 Å². The first-order valence-electron chi connectivity index (χ1n) is 8.26. The molecule has 3 aromatic rings. The number of benzene rings is 1. The number of aryl methyl sites for hydroxylation is 1. The molecule has 3 rings (SSSR count). The molecule has 2 heterocycles. The van der Waals surface area contributed by atoms with Crippen molar-refractivity contribution in [1.82, 2.24) is 0 Å². The fourth-order valence-electron chi connectivity index (χ4n) is 2.93. The second-order valence-corrected chi connectivity index (χ2v) is 8.05. The molecule has 0 aliphatic rings. The summed E-state index contributed by atoms with van der Waals surface area (Å²) < 4.78 is 2.88. The van der Waals surface area contributed by atoms with E-state index < -0.39 is 0 Å². The summed E-state index contributed by atoms with van der Waals surface area (Å²) in [4.78, 5) is 1.57. The Labute approximate surface area is 135 Å². The van der Waals surface area contributed by atoms with Gasteiger partial charge in [0, 0.05) is 14.3 Å². The second kappa shape index (κ2) is 7.42. The Kier molecular flexibility index (Phi) is 5.32. The molecule has 0 amide bonds. The normalized spacial score (nSPS) is 11.7. The van der Waals surface area contributed by atoms with Crippen LogP contribution in [-0.4, -0.2) is 0 Å². The lowest BCUT2D eigenvalue weighted by Crippen LogP contribution is -1.82. The van der Waals surface area contributed by atoms with Crippen LogP contribution in [0.15, 0.2) is 29.6 Å². The second-order valence-electron chi connectivity index (χ2n) is 5.93. The van der Waals surface area contributed by atoms with Crippen molar-refractivity contribution >= 4 is 42.8 Å². The van der Waals surface area contributed by atoms with Crippen molar-refractivity contribution in [3.8, 4) is 0 Å². The molecular formula is C19H24S2. The molecule has 2 aromatic heterocycles. The first-order chi connectivity index (χ1) is 10.4. The summed E-state index contributed by atoms with van der Waals surface area (Å²) in [7, 11) is 0. The van der Waals surface area contributed by atoms with Gasteiger partial charge in [-0.3, -0.25) is 0 Å². The molecule has 0 saturated heterocycles. The van der Waals surface area contributed by atoms with Gasteiger partial charge in [-0.15, -0.1) is 22.7 Å². The molecule has 0 aliphatic heterocycles. The fraction of sp³-hybridized carbons (Fsp3) is 0.474. The van der Waals surface area contributed by atoms with Crippen molar-refractivity contribution < 1.29 is 0 Å². The van der Waals surface area contributed by atoms with E-state index in [0.29, 0.717) is 0 Å². The highest BCUT2D eigenvalue weighted by Gasteiger charge is 2.04. The fourth-order valence-corrected chi connectivity index (χ4v) is 4.95. The lowest BCUT2D eigenvalue weighted by molar-refractivity contribution is 0.590. The maximum atomic E-state index is 2.41. The van der Waals surface area contributed by atoms with E-state index in [9.17, 15) is 0 Å². The number of hydrogen-bond acceptors (Lipinski definition) is 2. The molecule has 112 valence electrons. The van der Waals surface area contributed by atoms with Gasteiger partial charge in [-0.2, -0.15) is 0 Å². The molecular weight excluding hydrogens is 292 g/mol. The lowest BCUT2D eigenvalue weighted by atomic mass is 10.1. The van der Waals surface area contributed by atoms with Gasteiger partial charge < -0.3 is 0 Å². The van der Waals surface area contributed by atoms with Crippen LogP contribution in [0.25, 0.3) is 20.2 Å². The molecule has 0 nitrogen and oxygen atoms in total. The topological polar surface area (TPSA) is 0 Å². The number of unbranched alkanes of at least 4 members (excludes halogenated alkanes) is 6. The van der Waals surface area contributed by atoms with E-state index in [4.69, 9.17) is 0 Å². The van der Waals surface area contributed by atoms with E-state index in [-0.39, 0.29) is 0 Å². The third kappa shape index (κ3) is 3.87. The van der Waals surface area contributed by atoms with Crippen molar-refractivity contribution in [3.05, 3.63) is 34.5 Å². The number of rotatable bonds is 8. The van der Waals surface area contributed by atoms with Gasteiger partial charge in [-0.1, -0.05) is 45.4 Å². The average Bonchev–Trinajstić information content (AvgIpc) is 3.08. The smallest absolute Gasteiger partial charge is 0.0360 e. The predicted molar refractivity (Wildman–Crippen MR) is 98.9 cm³/mol. The number of thiophene rings is 2. The Bertz CT molecular complexity index is 642. The van der Waals surface area contributed by atoms with Gasteiger partial charge in [-0.25, -0.2) is 0 Å². The van der Waals surface area contributed by atoms with E-state index in [1.165, 1.54) is 71.5 Å². The molecule has 0 fully saturated rings.